The van der Waals surface area contributed by atoms with E-state index in [1.807, 2.05) is 18.3 Å². The summed E-state index contributed by atoms with van der Waals surface area (Å²) in [6.45, 7) is 2.16. The van der Waals surface area contributed by atoms with Gasteiger partial charge in [0.25, 0.3) is 0 Å². The van der Waals surface area contributed by atoms with Crippen LogP contribution in [0.4, 0.5) is 0 Å². The Balaban J connectivity index is 2.12. The van der Waals surface area contributed by atoms with E-state index in [0.717, 1.165) is 13.1 Å². The lowest BCUT2D eigenvalue weighted by molar-refractivity contribution is 0.461. The van der Waals surface area contributed by atoms with Crippen molar-refractivity contribution in [3.05, 3.63) is 29.6 Å². The quantitative estimate of drug-likeness (QED) is 0.723. The van der Waals surface area contributed by atoms with Crippen molar-refractivity contribution in [1.29, 1.82) is 5.26 Å². The largest absolute Gasteiger partial charge is 0.316 e. The third-order valence-electron chi connectivity index (χ3n) is 2.67. The number of hydrogen-bond acceptors (Lipinski definition) is 3. The first-order chi connectivity index (χ1) is 6.90. The molecule has 1 saturated heterocycles. The highest BCUT2D eigenvalue weighted by Crippen LogP contribution is 2.22. The summed E-state index contributed by atoms with van der Waals surface area (Å²) in [4.78, 5) is 4.08. The lowest BCUT2D eigenvalue weighted by atomic mass is 9.93. The van der Waals surface area contributed by atoms with Crippen molar-refractivity contribution in [2.24, 2.45) is 0 Å². The number of nitriles is 1. The molecule has 3 heteroatoms. The van der Waals surface area contributed by atoms with Crippen molar-refractivity contribution >= 4 is 0 Å². The molecule has 0 saturated carbocycles. The topological polar surface area (TPSA) is 48.7 Å². The average Bonchev–Trinajstić information content (AvgIpc) is 2.30. The molecule has 0 bridgehead atoms. The molecule has 1 N–H and O–H groups in total. The number of aromatic nitrogens is 1. The Labute approximate surface area is 83.8 Å². The van der Waals surface area contributed by atoms with Gasteiger partial charge in [-0.2, -0.15) is 5.26 Å². The van der Waals surface area contributed by atoms with Crippen molar-refractivity contribution in [3.8, 4) is 6.07 Å². The van der Waals surface area contributed by atoms with E-state index in [2.05, 4.69) is 10.3 Å². The van der Waals surface area contributed by atoms with Crippen LogP contribution in [0, 0.1) is 11.3 Å². The van der Waals surface area contributed by atoms with Gasteiger partial charge in [-0.25, -0.2) is 4.98 Å². The molecule has 1 atom stereocenters. The second-order valence-electron chi connectivity index (χ2n) is 3.63. The van der Waals surface area contributed by atoms with E-state index in [9.17, 15) is 0 Å². The van der Waals surface area contributed by atoms with Crippen molar-refractivity contribution in [2.75, 3.05) is 13.1 Å². The Morgan fingerprint density at radius 2 is 2.43 bits per heavy atom. The average molecular weight is 187 g/mol. The predicted octanol–water partition coefficient (Wildman–Crippen LogP) is 1.42. The summed E-state index contributed by atoms with van der Waals surface area (Å²) in [5.74, 6) is 0.573. The van der Waals surface area contributed by atoms with Crippen molar-refractivity contribution in [1.82, 2.24) is 10.3 Å². The van der Waals surface area contributed by atoms with Crippen LogP contribution in [0.25, 0.3) is 0 Å². The van der Waals surface area contributed by atoms with Crippen LogP contribution in [0.5, 0.6) is 0 Å². The number of hydrogen-bond donors (Lipinski definition) is 1. The van der Waals surface area contributed by atoms with Crippen molar-refractivity contribution in [3.63, 3.8) is 0 Å². The monoisotopic (exact) mass is 187 g/mol. The maximum absolute atomic E-state index is 8.61. The zero-order chi connectivity index (χ0) is 9.80. The zero-order valence-corrected chi connectivity index (χ0v) is 8.03. The molecular formula is C11H13N3. The van der Waals surface area contributed by atoms with Crippen molar-refractivity contribution < 1.29 is 0 Å². The van der Waals surface area contributed by atoms with Crippen LogP contribution in [0.2, 0.25) is 0 Å². The van der Waals surface area contributed by atoms with Crippen LogP contribution in [0.3, 0.4) is 0 Å². The Morgan fingerprint density at radius 1 is 1.50 bits per heavy atom. The van der Waals surface area contributed by atoms with Gasteiger partial charge in [-0.1, -0.05) is 6.07 Å². The lowest BCUT2D eigenvalue weighted by Crippen LogP contribution is -2.28. The predicted molar refractivity (Wildman–Crippen MR) is 53.8 cm³/mol. The van der Waals surface area contributed by atoms with Crippen LogP contribution in [0.1, 0.15) is 30.0 Å². The summed E-state index contributed by atoms with van der Waals surface area (Å²) in [6, 6.07) is 5.84. The molecule has 0 aliphatic carbocycles. The third kappa shape index (κ3) is 1.91. The summed E-state index contributed by atoms with van der Waals surface area (Å²) in [6.07, 6.45) is 4.28. The molecule has 0 radical (unpaired) electrons. The molecule has 3 nitrogen and oxygen atoms in total. The van der Waals surface area contributed by atoms with Gasteiger partial charge in [0, 0.05) is 12.7 Å². The van der Waals surface area contributed by atoms with Gasteiger partial charge in [0.15, 0.2) is 0 Å². The SMILES string of the molecule is N#Cc1ccc(C2CCCNC2)cn1. The minimum Gasteiger partial charge on any atom is -0.316 e. The highest BCUT2D eigenvalue weighted by atomic mass is 14.9. The molecular weight excluding hydrogens is 174 g/mol. The lowest BCUT2D eigenvalue weighted by Gasteiger charge is -2.22. The first kappa shape index (κ1) is 9.17. The van der Waals surface area contributed by atoms with E-state index in [-0.39, 0.29) is 0 Å². The van der Waals surface area contributed by atoms with E-state index in [0.29, 0.717) is 11.6 Å². The second-order valence-corrected chi connectivity index (χ2v) is 3.63. The molecule has 0 spiro atoms. The van der Waals surface area contributed by atoms with Crippen LogP contribution in [0.15, 0.2) is 18.3 Å². The highest BCUT2D eigenvalue weighted by molar-refractivity contribution is 5.25. The van der Waals surface area contributed by atoms with Gasteiger partial charge in [0.2, 0.25) is 0 Å². The molecule has 1 fully saturated rings. The standard InChI is InChI=1S/C11H13N3/c12-6-11-4-3-10(8-14-11)9-2-1-5-13-7-9/h3-4,8-9,13H,1-2,5,7H2. The van der Waals surface area contributed by atoms with E-state index < -0.39 is 0 Å². The fourth-order valence-corrected chi connectivity index (χ4v) is 1.85. The Kier molecular flexibility index (Phi) is 2.76. The molecule has 1 unspecified atom stereocenters. The fraction of sp³-hybridized carbons (Fsp3) is 0.455. The highest BCUT2D eigenvalue weighted by Gasteiger charge is 2.14. The van der Waals surface area contributed by atoms with E-state index in [1.165, 1.54) is 18.4 Å². The molecule has 1 aliphatic rings. The normalized spacial score (nSPS) is 21.5. The number of rotatable bonds is 1. The fourth-order valence-electron chi connectivity index (χ4n) is 1.85. The summed E-state index contributed by atoms with van der Waals surface area (Å²) in [5, 5.41) is 12.0. The minimum absolute atomic E-state index is 0.498. The van der Waals surface area contributed by atoms with Crippen LogP contribution in [-0.4, -0.2) is 18.1 Å². The molecule has 1 aliphatic heterocycles. The number of pyridine rings is 1. The summed E-state index contributed by atoms with van der Waals surface area (Å²) in [5.41, 5.74) is 1.74. The summed E-state index contributed by atoms with van der Waals surface area (Å²) < 4.78 is 0. The van der Waals surface area contributed by atoms with Crippen LogP contribution in [-0.2, 0) is 0 Å². The zero-order valence-electron chi connectivity index (χ0n) is 8.03. The van der Waals surface area contributed by atoms with Gasteiger partial charge in [0.05, 0.1) is 0 Å². The molecule has 0 aromatic carbocycles. The Bertz CT molecular complexity index is 331. The Morgan fingerprint density at radius 3 is 3.00 bits per heavy atom. The number of piperidine rings is 1. The first-order valence-electron chi connectivity index (χ1n) is 4.97. The molecule has 1 aromatic rings. The molecule has 2 rings (SSSR count). The van der Waals surface area contributed by atoms with E-state index in [1.54, 1.807) is 6.07 Å². The third-order valence-corrected chi connectivity index (χ3v) is 2.67. The molecule has 2 heterocycles. The maximum Gasteiger partial charge on any atom is 0.140 e. The number of nitrogens with one attached hydrogen (secondary N) is 1. The summed E-state index contributed by atoms with van der Waals surface area (Å²) >= 11 is 0. The van der Waals surface area contributed by atoms with Gasteiger partial charge < -0.3 is 5.32 Å². The molecule has 1 aromatic heterocycles. The van der Waals surface area contributed by atoms with Gasteiger partial charge in [-0.3, -0.25) is 0 Å². The van der Waals surface area contributed by atoms with Gasteiger partial charge in [-0.05, 0) is 36.9 Å². The Hall–Kier alpha value is -1.40. The van der Waals surface area contributed by atoms with Gasteiger partial charge in [0.1, 0.15) is 11.8 Å². The second kappa shape index (κ2) is 4.21. The molecule has 0 amide bonds. The first-order valence-corrected chi connectivity index (χ1v) is 4.97. The van der Waals surface area contributed by atoms with Crippen LogP contribution < -0.4 is 5.32 Å². The smallest absolute Gasteiger partial charge is 0.140 e. The van der Waals surface area contributed by atoms with Crippen molar-refractivity contribution in [2.45, 2.75) is 18.8 Å². The molecule has 72 valence electrons. The molecule has 14 heavy (non-hydrogen) atoms. The number of nitrogens with zero attached hydrogens (tertiary/aromatic N) is 2. The van der Waals surface area contributed by atoms with Gasteiger partial charge in [-0.15, -0.1) is 0 Å². The van der Waals surface area contributed by atoms with E-state index in [4.69, 9.17) is 5.26 Å². The van der Waals surface area contributed by atoms with Crippen LogP contribution >= 0.6 is 0 Å². The maximum atomic E-state index is 8.61. The van der Waals surface area contributed by atoms with Gasteiger partial charge >= 0.3 is 0 Å². The minimum atomic E-state index is 0.498. The summed E-state index contributed by atoms with van der Waals surface area (Å²) in [7, 11) is 0. The van der Waals surface area contributed by atoms with E-state index >= 15 is 0 Å².